The highest BCUT2D eigenvalue weighted by Crippen LogP contribution is 2.18. The van der Waals surface area contributed by atoms with Crippen molar-refractivity contribution in [3.8, 4) is 6.07 Å². The standard InChI is InChI=1S/C14H15N3O/c1-9-3-4-11(6-15)5-13(9)17-14(18)10(2)12-7-16-8-12/h3-5,16H,7-8H2,1-2H3,(H,17,18). The Morgan fingerprint density at radius 2 is 2.17 bits per heavy atom. The van der Waals surface area contributed by atoms with Crippen LogP contribution in [0.25, 0.3) is 0 Å². The van der Waals surface area contributed by atoms with Gasteiger partial charge in [-0.05, 0) is 37.1 Å². The molecular formula is C14H15N3O. The average molecular weight is 241 g/mol. The molecule has 4 nitrogen and oxygen atoms in total. The fourth-order valence-corrected chi connectivity index (χ4v) is 1.72. The number of rotatable bonds is 2. The van der Waals surface area contributed by atoms with Gasteiger partial charge in [0.2, 0.25) is 0 Å². The highest BCUT2D eigenvalue weighted by molar-refractivity contribution is 6.04. The summed E-state index contributed by atoms with van der Waals surface area (Å²) in [6, 6.07) is 7.34. The molecule has 2 rings (SSSR count). The number of anilines is 1. The second-order valence-corrected chi connectivity index (χ2v) is 4.43. The summed E-state index contributed by atoms with van der Waals surface area (Å²) in [7, 11) is 0. The van der Waals surface area contributed by atoms with Gasteiger partial charge in [-0.25, -0.2) is 0 Å². The lowest BCUT2D eigenvalue weighted by Gasteiger charge is -2.21. The van der Waals surface area contributed by atoms with Crippen LogP contribution >= 0.6 is 0 Å². The average Bonchev–Trinajstić information content (AvgIpc) is 2.29. The van der Waals surface area contributed by atoms with Gasteiger partial charge in [0.1, 0.15) is 0 Å². The molecule has 0 radical (unpaired) electrons. The van der Waals surface area contributed by atoms with Crippen molar-refractivity contribution in [2.24, 2.45) is 0 Å². The topological polar surface area (TPSA) is 64.9 Å². The molecule has 1 fully saturated rings. The third-order valence-corrected chi connectivity index (χ3v) is 3.16. The summed E-state index contributed by atoms with van der Waals surface area (Å²) in [4.78, 5) is 12.0. The van der Waals surface area contributed by atoms with Gasteiger partial charge in [-0.1, -0.05) is 6.07 Å². The molecule has 1 aliphatic rings. The minimum absolute atomic E-state index is 0.0929. The van der Waals surface area contributed by atoms with E-state index in [-0.39, 0.29) is 5.91 Å². The van der Waals surface area contributed by atoms with Crippen molar-refractivity contribution in [3.05, 3.63) is 40.5 Å². The highest BCUT2D eigenvalue weighted by atomic mass is 16.1. The molecule has 1 aromatic carbocycles. The molecule has 1 aromatic rings. The van der Waals surface area contributed by atoms with Crippen molar-refractivity contribution in [2.75, 3.05) is 18.4 Å². The Morgan fingerprint density at radius 3 is 2.72 bits per heavy atom. The van der Waals surface area contributed by atoms with Crippen molar-refractivity contribution in [3.63, 3.8) is 0 Å². The van der Waals surface area contributed by atoms with Gasteiger partial charge in [-0.3, -0.25) is 4.79 Å². The Kier molecular flexibility index (Phi) is 3.45. The number of aryl methyl sites for hydroxylation is 1. The SMILES string of the molecule is CC(C(=O)Nc1cc(C#N)ccc1C)=C1CNC1. The second kappa shape index (κ2) is 5.03. The van der Waals surface area contributed by atoms with Gasteiger partial charge in [0.15, 0.2) is 0 Å². The fraction of sp³-hybridized carbons (Fsp3) is 0.286. The molecule has 92 valence electrons. The predicted molar refractivity (Wildman–Crippen MR) is 70.1 cm³/mol. The maximum Gasteiger partial charge on any atom is 0.251 e. The lowest BCUT2D eigenvalue weighted by molar-refractivity contribution is -0.112. The van der Waals surface area contributed by atoms with Crippen LogP contribution in [0.5, 0.6) is 0 Å². The number of benzene rings is 1. The molecule has 0 bridgehead atoms. The van der Waals surface area contributed by atoms with Crippen molar-refractivity contribution in [1.29, 1.82) is 5.26 Å². The van der Waals surface area contributed by atoms with Crippen LogP contribution in [0, 0.1) is 18.3 Å². The van der Waals surface area contributed by atoms with E-state index in [2.05, 4.69) is 16.7 Å². The second-order valence-electron chi connectivity index (χ2n) is 4.43. The first-order valence-electron chi connectivity index (χ1n) is 5.83. The molecule has 0 aromatic heterocycles. The van der Waals surface area contributed by atoms with E-state index in [4.69, 9.17) is 5.26 Å². The van der Waals surface area contributed by atoms with Crippen molar-refractivity contribution in [1.82, 2.24) is 5.32 Å². The van der Waals surface area contributed by atoms with Crippen LogP contribution in [0.4, 0.5) is 5.69 Å². The Hall–Kier alpha value is -2.12. The molecule has 4 heteroatoms. The smallest absolute Gasteiger partial charge is 0.251 e. The molecule has 0 aliphatic carbocycles. The van der Waals surface area contributed by atoms with E-state index in [1.807, 2.05) is 19.9 Å². The maximum atomic E-state index is 12.0. The number of nitriles is 1. The van der Waals surface area contributed by atoms with E-state index in [0.717, 1.165) is 29.8 Å². The minimum atomic E-state index is -0.0929. The molecular weight excluding hydrogens is 226 g/mol. The predicted octanol–water partition coefficient (Wildman–Crippen LogP) is 1.72. The zero-order valence-electron chi connectivity index (χ0n) is 10.5. The van der Waals surface area contributed by atoms with Gasteiger partial charge in [0.25, 0.3) is 5.91 Å². The zero-order chi connectivity index (χ0) is 13.1. The molecule has 2 N–H and O–H groups in total. The lowest BCUT2D eigenvalue weighted by Crippen LogP contribution is -2.36. The van der Waals surface area contributed by atoms with E-state index in [9.17, 15) is 4.79 Å². The van der Waals surface area contributed by atoms with E-state index in [1.54, 1.807) is 12.1 Å². The molecule has 0 unspecified atom stereocenters. The normalized spacial score (nSPS) is 13.5. The molecule has 18 heavy (non-hydrogen) atoms. The summed E-state index contributed by atoms with van der Waals surface area (Å²) in [5.74, 6) is -0.0929. The molecule has 1 saturated heterocycles. The summed E-state index contributed by atoms with van der Waals surface area (Å²) in [6.45, 7) is 5.31. The minimum Gasteiger partial charge on any atom is -0.322 e. The number of nitrogens with one attached hydrogen (secondary N) is 2. The molecule has 0 saturated carbocycles. The van der Waals surface area contributed by atoms with E-state index in [0.29, 0.717) is 11.3 Å². The van der Waals surface area contributed by atoms with E-state index >= 15 is 0 Å². The Labute approximate surface area is 106 Å². The number of hydrogen-bond donors (Lipinski definition) is 2. The van der Waals surface area contributed by atoms with E-state index in [1.165, 1.54) is 0 Å². The number of carbonyl (C=O) groups excluding carboxylic acids is 1. The van der Waals surface area contributed by atoms with E-state index < -0.39 is 0 Å². The van der Waals surface area contributed by atoms with Crippen LogP contribution < -0.4 is 10.6 Å². The number of carbonyl (C=O) groups is 1. The van der Waals surface area contributed by atoms with Crippen LogP contribution in [0.15, 0.2) is 29.3 Å². The monoisotopic (exact) mass is 241 g/mol. The van der Waals surface area contributed by atoms with Crippen LogP contribution in [0.2, 0.25) is 0 Å². The Bertz CT molecular complexity index is 561. The molecule has 0 atom stereocenters. The quantitative estimate of drug-likeness (QED) is 0.775. The van der Waals surface area contributed by atoms with Gasteiger partial charge in [0.05, 0.1) is 11.6 Å². The van der Waals surface area contributed by atoms with Crippen molar-refractivity contribution < 1.29 is 4.79 Å². The first-order chi connectivity index (χ1) is 8.61. The van der Waals surface area contributed by atoms with Crippen LogP contribution in [0.3, 0.4) is 0 Å². The third-order valence-electron chi connectivity index (χ3n) is 3.16. The summed E-state index contributed by atoms with van der Waals surface area (Å²) in [5.41, 5.74) is 4.10. The first-order valence-corrected chi connectivity index (χ1v) is 5.83. The maximum absolute atomic E-state index is 12.0. The molecule has 1 amide bonds. The summed E-state index contributed by atoms with van der Waals surface area (Å²) in [6.07, 6.45) is 0. The number of amides is 1. The van der Waals surface area contributed by atoms with Gasteiger partial charge in [-0.15, -0.1) is 0 Å². The van der Waals surface area contributed by atoms with Crippen molar-refractivity contribution in [2.45, 2.75) is 13.8 Å². The van der Waals surface area contributed by atoms with Gasteiger partial charge in [-0.2, -0.15) is 5.26 Å². The fourth-order valence-electron chi connectivity index (χ4n) is 1.72. The van der Waals surface area contributed by atoms with Crippen molar-refractivity contribution >= 4 is 11.6 Å². The van der Waals surface area contributed by atoms with Gasteiger partial charge in [0, 0.05) is 24.4 Å². The molecule has 1 aliphatic heterocycles. The van der Waals surface area contributed by atoms with Crippen LogP contribution in [-0.4, -0.2) is 19.0 Å². The largest absolute Gasteiger partial charge is 0.322 e. The third kappa shape index (κ3) is 2.41. The molecule has 1 heterocycles. The summed E-state index contributed by atoms with van der Waals surface area (Å²) in [5, 5.41) is 14.8. The van der Waals surface area contributed by atoms with Gasteiger partial charge < -0.3 is 10.6 Å². The highest BCUT2D eigenvalue weighted by Gasteiger charge is 2.16. The number of hydrogen-bond acceptors (Lipinski definition) is 3. The first kappa shape index (κ1) is 12.3. The lowest BCUT2D eigenvalue weighted by atomic mass is 10.0. The Balaban J connectivity index is 2.19. The number of nitrogens with zero attached hydrogens (tertiary/aromatic N) is 1. The van der Waals surface area contributed by atoms with Crippen LogP contribution in [-0.2, 0) is 4.79 Å². The summed E-state index contributed by atoms with van der Waals surface area (Å²) >= 11 is 0. The zero-order valence-corrected chi connectivity index (χ0v) is 10.5. The summed E-state index contributed by atoms with van der Waals surface area (Å²) < 4.78 is 0. The molecule has 0 spiro atoms. The van der Waals surface area contributed by atoms with Gasteiger partial charge >= 0.3 is 0 Å². The van der Waals surface area contributed by atoms with Crippen LogP contribution in [0.1, 0.15) is 18.1 Å². The Morgan fingerprint density at radius 1 is 1.44 bits per heavy atom.